The molecule has 0 unspecified atom stereocenters. The average molecular weight is 304 g/mol. The van der Waals surface area contributed by atoms with Gasteiger partial charge in [-0.15, -0.1) is 0 Å². The van der Waals surface area contributed by atoms with E-state index in [0.717, 1.165) is 41.7 Å². The first-order chi connectivity index (χ1) is 10.3. The highest BCUT2D eigenvalue weighted by Crippen LogP contribution is 2.33. The zero-order valence-corrected chi connectivity index (χ0v) is 12.7. The van der Waals surface area contributed by atoms with Crippen LogP contribution >= 0.6 is 11.6 Å². The minimum Gasteiger partial charge on any atom is -0.493 e. The highest BCUT2D eigenvalue weighted by Gasteiger charge is 2.17. The molecule has 0 saturated carbocycles. The fraction of sp³-hybridized carbons (Fsp3) is 0.294. The number of hydrogen-bond acceptors (Lipinski definition) is 3. The van der Waals surface area contributed by atoms with Gasteiger partial charge in [-0.2, -0.15) is 0 Å². The van der Waals surface area contributed by atoms with Crippen LogP contribution in [0.3, 0.4) is 0 Å². The highest BCUT2D eigenvalue weighted by molar-refractivity contribution is 6.30. The molecule has 0 bridgehead atoms. The fourth-order valence-electron chi connectivity index (χ4n) is 2.52. The third kappa shape index (κ3) is 3.31. The van der Waals surface area contributed by atoms with Crippen molar-refractivity contribution in [2.75, 3.05) is 13.7 Å². The predicted octanol–water partition coefficient (Wildman–Crippen LogP) is 3.57. The van der Waals surface area contributed by atoms with Crippen molar-refractivity contribution in [1.29, 1.82) is 0 Å². The van der Waals surface area contributed by atoms with Crippen LogP contribution in [0.15, 0.2) is 36.4 Å². The monoisotopic (exact) mass is 303 g/mol. The van der Waals surface area contributed by atoms with Gasteiger partial charge in [0, 0.05) is 23.6 Å². The SMILES string of the molecule is CNCc1ccc(OCc2cc(Cl)cc3c2OCC3)cc1. The molecule has 1 aliphatic rings. The summed E-state index contributed by atoms with van der Waals surface area (Å²) in [6.07, 6.45) is 0.918. The van der Waals surface area contributed by atoms with Crippen molar-refractivity contribution in [2.45, 2.75) is 19.6 Å². The fourth-order valence-corrected chi connectivity index (χ4v) is 2.79. The summed E-state index contributed by atoms with van der Waals surface area (Å²) in [6, 6.07) is 12.0. The molecule has 0 spiro atoms. The van der Waals surface area contributed by atoms with Crippen LogP contribution in [0.4, 0.5) is 0 Å². The Hall–Kier alpha value is -1.71. The van der Waals surface area contributed by atoms with Crippen LogP contribution in [0.25, 0.3) is 0 Å². The molecular formula is C17H18ClNO2. The van der Waals surface area contributed by atoms with Gasteiger partial charge in [0.05, 0.1) is 6.61 Å². The Labute approximate surface area is 129 Å². The van der Waals surface area contributed by atoms with Crippen molar-refractivity contribution in [3.05, 3.63) is 58.1 Å². The third-order valence-electron chi connectivity index (χ3n) is 3.52. The van der Waals surface area contributed by atoms with Crippen molar-refractivity contribution in [3.8, 4) is 11.5 Å². The van der Waals surface area contributed by atoms with Gasteiger partial charge in [-0.3, -0.25) is 0 Å². The van der Waals surface area contributed by atoms with Gasteiger partial charge in [0.1, 0.15) is 18.1 Å². The maximum absolute atomic E-state index is 6.15. The number of fused-ring (bicyclic) bond motifs is 1. The molecule has 2 aromatic carbocycles. The molecule has 0 amide bonds. The second-order valence-corrected chi connectivity index (χ2v) is 5.55. The number of nitrogens with one attached hydrogen (secondary N) is 1. The van der Waals surface area contributed by atoms with Gasteiger partial charge in [-0.25, -0.2) is 0 Å². The molecule has 110 valence electrons. The Kier molecular flexibility index (Phi) is 4.32. The first kappa shape index (κ1) is 14.2. The molecule has 0 atom stereocenters. The summed E-state index contributed by atoms with van der Waals surface area (Å²) in [5, 5.41) is 3.86. The largest absolute Gasteiger partial charge is 0.493 e. The topological polar surface area (TPSA) is 30.5 Å². The van der Waals surface area contributed by atoms with Crippen molar-refractivity contribution in [3.63, 3.8) is 0 Å². The summed E-state index contributed by atoms with van der Waals surface area (Å²) in [5.41, 5.74) is 3.41. The Morgan fingerprint density at radius 1 is 1.24 bits per heavy atom. The zero-order valence-electron chi connectivity index (χ0n) is 12.0. The van der Waals surface area contributed by atoms with Gasteiger partial charge >= 0.3 is 0 Å². The molecule has 4 heteroatoms. The van der Waals surface area contributed by atoms with Crippen LogP contribution in [0.1, 0.15) is 16.7 Å². The van der Waals surface area contributed by atoms with E-state index in [0.29, 0.717) is 6.61 Å². The molecule has 3 rings (SSSR count). The minimum atomic E-state index is 0.467. The molecular weight excluding hydrogens is 286 g/mol. The Balaban J connectivity index is 1.70. The first-order valence-electron chi connectivity index (χ1n) is 7.06. The van der Waals surface area contributed by atoms with Crippen LogP contribution in [0, 0.1) is 0 Å². The summed E-state index contributed by atoms with van der Waals surface area (Å²) in [6.45, 7) is 2.05. The molecule has 1 heterocycles. The van der Waals surface area contributed by atoms with E-state index >= 15 is 0 Å². The lowest BCUT2D eigenvalue weighted by Crippen LogP contribution is -2.04. The molecule has 21 heavy (non-hydrogen) atoms. The summed E-state index contributed by atoms with van der Waals surface area (Å²) >= 11 is 6.15. The first-order valence-corrected chi connectivity index (χ1v) is 7.44. The van der Waals surface area contributed by atoms with Crippen molar-refractivity contribution in [1.82, 2.24) is 5.32 Å². The second kappa shape index (κ2) is 6.37. The summed E-state index contributed by atoms with van der Waals surface area (Å²) in [4.78, 5) is 0. The van der Waals surface area contributed by atoms with Crippen LogP contribution in [0.2, 0.25) is 5.02 Å². The molecule has 1 aliphatic heterocycles. The van der Waals surface area contributed by atoms with Gasteiger partial charge < -0.3 is 14.8 Å². The maximum atomic E-state index is 6.15. The number of ether oxygens (including phenoxy) is 2. The van der Waals surface area contributed by atoms with Crippen LogP contribution in [-0.2, 0) is 19.6 Å². The molecule has 0 aromatic heterocycles. The number of hydrogen-bond donors (Lipinski definition) is 1. The number of rotatable bonds is 5. The van der Waals surface area contributed by atoms with Gasteiger partial charge in [0.2, 0.25) is 0 Å². The molecule has 2 aromatic rings. The van der Waals surface area contributed by atoms with Crippen molar-refractivity contribution >= 4 is 11.6 Å². The smallest absolute Gasteiger partial charge is 0.129 e. The summed E-state index contributed by atoms with van der Waals surface area (Å²) in [5.74, 6) is 1.78. The van der Waals surface area contributed by atoms with Crippen LogP contribution < -0.4 is 14.8 Å². The van der Waals surface area contributed by atoms with Gasteiger partial charge in [0.25, 0.3) is 0 Å². The average Bonchev–Trinajstić information content (AvgIpc) is 2.94. The van der Waals surface area contributed by atoms with Gasteiger partial charge in [-0.1, -0.05) is 23.7 Å². The van der Waals surface area contributed by atoms with E-state index in [2.05, 4.69) is 17.4 Å². The lowest BCUT2D eigenvalue weighted by molar-refractivity contribution is 0.292. The molecule has 1 N–H and O–H groups in total. The summed E-state index contributed by atoms with van der Waals surface area (Å²) in [7, 11) is 1.93. The van der Waals surface area contributed by atoms with E-state index in [9.17, 15) is 0 Å². The Bertz CT molecular complexity index is 625. The Morgan fingerprint density at radius 2 is 2.05 bits per heavy atom. The summed E-state index contributed by atoms with van der Waals surface area (Å²) < 4.78 is 11.5. The molecule has 0 aliphatic carbocycles. The quantitative estimate of drug-likeness (QED) is 0.916. The zero-order chi connectivity index (χ0) is 14.7. The van der Waals surface area contributed by atoms with E-state index in [1.807, 2.05) is 31.3 Å². The van der Waals surface area contributed by atoms with E-state index in [1.165, 1.54) is 11.1 Å². The molecule has 0 fully saturated rings. The number of benzene rings is 2. The van der Waals surface area contributed by atoms with Crippen LogP contribution in [0.5, 0.6) is 11.5 Å². The minimum absolute atomic E-state index is 0.467. The molecule has 0 saturated heterocycles. The van der Waals surface area contributed by atoms with E-state index < -0.39 is 0 Å². The van der Waals surface area contributed by atoms with Crippen molar-refractivity contribution in [2.24, 2.45) is 0 Å². The Morgan fingerprint density at radius 3 is 2.81 bits per heavy atom. The van der Waals surface area contributed by atoms with E-state index in [4.69, 9.17) is 21.1 Å². The van der Waals surface area contributed by atoms with Crippen molar-refractivity contribution < 1.29 is 9.47 Å². The van der Waals surface area contributed by atoms with Crippen LogP contribution in [-0.4, -0.2) is 13.7 Å². The second-order valence-electron chi connectivity index (χ2n) is 5.11. The maximum Gasteiger partial charge on any atom is 0.129 e. The lowest BCUT2D eigenvalue weighted by Gasteiger charge is -2.11. The predicted molar refractivity (Wildman–Crippen MR) is 84.2 cm³/mol. The van der Waals surface area contributed by atoms with Gasteiger partial charge in [0.15, 0.2) is 0 Å². The van der Waals surface area contributed by atoms with E-state index in [-0.39, 0.29) is 0 Å². The van der Waals surface area contributed by atoms with Gasteiger partial charge in [-0.05, 0) is 42.4 Å². The normalized spacial score (nSPS) is 12.9. The lowest BCUT2D eigenvalue weighted by atomic mass is 10.1. The highest BCUT2D eigenvalue weighted by atomic mass is 35.5. The molecule has 3 nitrogen and oxygen atoms in total. The van der Waals surface area contributed by atoms with E-state index in [1.54, 1.807) is 0 Å². The number of halogens is 1. The molecule has 0 radical (unpaired) electrons. The third-order valence-corrected chi connectivity index (χ3v) is 3.74. The standard InChI is InChI=1S/C17H18ClNO2/c1-19-10-12-2-4-16(5-3-12)21-11-14-9-15(18)8-13-6-7-20-17(13)14/h2-5,8-9,19H,6-7,10-11H2,1H3.